The van der Waals surface area contributed by atoms with E-state index in [1.807, 2.05) is 30.3 Å². The van der Waals surface area contributed by atoms with Crippen LogP contribution in [0.4, 0.5) is 17.1 Å². The maximum absolute atomic E-state index is 11.0. The normalized spacial score (nSPS) is 11.0. The van der Waals surface area contributed by atoms with Gasteiger partial charge in [0, 0.05) is 13.0 Å². The molecule has 0 amide bonds. The van der Waals surface area contributed by atoms with Crippen molar-refractivity contribution < 1.29 is 14.6 Å². The van der Waals surface area contributed by atoms with E-state index in [-0.39, 0.29) is 17.3 Å². The average molecular weight is 330 g/mol. The third kappa shape index (κ3) is 4.50. The first-order chi connectivity index (χ1) is 11.5. The number of benzene rings is 2. The molecule has 0 aliphatic heterocycles. The number of nitrogens with one attached hydrogen (secondary N) is 1. The second-order valence-electron chi connectivity index (χ2n) is 4.73. The summed E-state index contributed by atoms with van der Waals surface area (Å²) in [5.74, 6) is 0.270. The van der Waals surface area contributed by atoms with Crippen LogP contribution in [0, 0.1) is 20.2 Å². The van der Waals surface area contributed by atoms with Gasteiger partial charge in [0.15, 0.2) is 0 Å². The lowest BCUT2D eigenvalue weighted by Crippen LogP contribution is -2.04. The molecule has 2 aromatic carbocycles. The highest BCUT2D eigenvalue weighted by Crippen LogP contribution is 2.28. The summed E-state index contributed by atoms with van der Waals surface area (Å²) in [7, 11) is 0. The van der Waals surface area contributed by atoms with Crippen molar-refractivity contribution in [1.82, 2.24) is 0 Å². The molecule has 9 nitrogen and oxygen atoms in total. The minimum absolute atomic E-state index is 0.0354. The molecule has 0 unspecified atom stereocenters. The van der Waals surface area contributed by atoms with Gasteiger partial charge in [-0.3, -0.25) is 25.7 Å². The van der Waals surface area contributed by atoms with Gasteiger partial charge < -0.3 is 4.74 Å². The molecule has 0 aromatic heterocycles. The number of anilines is 1. The fraction of sp³-hybridized carbons (Fsp3) is 0.133. The van der Waals surface area contributed by atoms with E-state index in [0.29, 0.717) is 6.61 Å². The van der Waals surface area contributed by atoms with Crippen LogP contribution in [-0.4, -0.2) is 15.7 Å². The highest BCUT2D eigenvalue weighted by Gasteiger charge is 2.19. The van der Waals surface area contributed by atoms with Gasteiger partial charge >= 0.3 is 5.69 Å². The van der Waals surface area contributed by atoms with Crippen LogP contribution < -0.4 is 5.43 Å². The minimum atomic E-state index is -0.717. The fourth-order valence-electron chi connectivity index (χ4n) is 1.81. The van der Waals surface area contributed by atoms with Crippen LogP contribution in [0.15, 0.2) is 53.6 Å². The Morgan fingerprint density at radius 3 is 2.46 bits per heavy atom. The Kier molecular flexibility index (Phi) is 5.40. The first-order valence-corrected chi connectivity index (χ1v) is 6.87. The number of rotatable bonds is 6. The Balaban J connectivity index is 2.07. The predicted molar refractivity (Wildman–Crippen MR) is 87.7 cm³/mol. The van der Waals surface area contributed by atoms with Crippen molar-refractivity contribution in [1.29, 1.82) is 0 Å². The zero-order valence-corrected chi connectivity index (χ0v) is 12.7. The van der Waals surface area contributed by atoms with Crippen molar-refractivity contribution in [3.05, 3.63) is 74.3 Å². The lowest BCUT2D eigenvalue weighted by molar-refractivity contribution is -0.393. The van der Waals surface area contributed by atoms with Crippen LogP contribution in [0.25, 0.3) is 0 Å². The van der Waals surface area contributed by atoms with Crippen molar-refractivity contribution in [2.75, 3.05) is 5.43 Å². The molecular formula is C15H14N4O5. The van der Waals surface area contributed by atoms with E-state index in [2.05, 4.69) is 10.5 Å². The molecule has 2 rings (SSSR count). The minimum Gasteiger partial charge on any atom is -0.475 e. The molecule has 0 radical (unpaired) electrons. The van der Waals surface area contributed by atoms with E-state index in [4.69, 9.17) is 4.74 Å². The molecule has 0 saturated heterocycles. The third-order valence-corrected chi connectivity index (χ3v) is 3.01. The van der Waals surface area contributed by atoms with Gasteiger partial charge in [0.05, 0.1) is 15.9 Å². The van der Waals surface area contributed by atoms with Crippen LogP contribution in [0.3, 0.4) is 0 Å². The number of nitro benzene ring substituents is 2. The lowest BCUT2D eigenvalue weighted by atomic mass is 10.2. The van der Waals surface area contributed by atoms with Crippen LogP contribution in [0.2, 0.25) is 0 Å². The Morgan fingerprint density at radius 1 is 1.12 bits per heavy atom. The van der Waals surface area contributed by atoms with Gasteiger partial charge in [0.2, 0.25) is 5.90 Å². The van der Waals surface area contributed by atoms with Gasteiger partial charge in [-0.25, -0.2) is 0 Å². The smallest absolute Gasteiger partial charge is 0.301 e. The largest absolute Gasteiger partial charge is 0.475 e. The van der Waals surface area contributed by atoms with E-state index >= 15 is 0 Å². The number of non-ortho nitro benzene ring substituents is 1. The first kappa shape index (κ1) is 16.9. The van der Waals surface area contributed by atoms with Gasteiger partial charge in [0.1, 0.15) is 12.3 Å². The van der Waals surface area contributed by atoms with Crippen molar-refractivity contribution in [3.8, 4) is 0 Å². The third-order valence-electron chi connectivity index (χ3n) is 3.01. The zero-order valence-electron chi connectivity index (χ0n) is 12.7. The highest BCUT2D eigenvalue weighted by molar-refractivity contribution is 5.75. The molecule has 0 aliphatic carbocycles. The summed E-state index contributed by atoms with van der Waals surface area (Å²) in [4.78, 5) is 20.3. The number of hydrazone groups is 1. The number of hydrogen-bond acceptors (Lipinski definition) is 7. The maximum atomic E-state index is 11.0. The van der Waals surface area contributed by atoms with Gasteiger partial charge in [-0.1, -0.05) is 30.3 Å². The maximum Gasteiger partial charge on any atom is 0.301 e. The van der Waals surface area contributed by atoms with Gasteiger partial charge in [-0.15, -0.1) is 5.10 Å². The van der Waals surface area contributed by atoms with E-state index in [0.717, 1.165) is 17.7 Å². The summed E-state index contributed by atoms with van der Waals surface area (Å²) in [5, 5.41) is 25.6. The topological polar surface area (TPSA) is 120 Å². The predicted octanol–water partition coefficient (Wildman–Crippen LogP) is 3.47. The Morgan fingerprint density at radius 2 is 1.83 bits per heavy atom. The Labute approximate surface area is 136 Å². The van der Waals surface area contributed by atoms with Crippen molar-refractivity contribution >= 4 is 23.0 Å². The molecular weight excluding hydrogens is 316 g/mol. The lowest BCUT2D eigenvalue weighted by Gasteiger charge is -2.06. The van der Waals surface area contributed by atoms with Crippen LogP contribution in [0.5, 0.6) is 0 Å². The second-order valence-corrected chi connectivity index (χ2v) is 4.73. The van der Waals surface area contributed by atoms with Gasteiger partial charge in [-0.2, -0.15) is 0 Å². The molecule has 0 bridgehead atoms. The summed E-state index contributed by atoms with van der Waals surface area (Å²) in [5.41, 5.74) is 2.67. The van der Waals surface area contributed by atoms with E-state index in [1.54, 1.807) is 6.92 Å². The molecule has 2 aromatic rings. The number of hydrogen-bond donors (Lipinski definition) is 1. The molecule has 0 atom stereocenters. The monoisotopic (exact) mass is 330 g/mol. The van der Waals surface area contributed by atoms with E-state index < -0.39 is 15.5 Å². The fourth-order valence-corrected chi connectivity index (χ4v) is 1.81. The standard InChI is InChI=1S/C15H14N4O5/c1-11(24-10-12-5-3-2-4-6-12)16-17-14-8-7-13(18(20)21)9-15(14)19(22)23/h2-9,17H,10H2,1H3/b16-11-. The molecule has 9 heteroatoms. The molecule has 0 aliphatic rings. The van der Waals surface area contributed by atoms with E-state index in [1.165, 1.54) is 6.07 Å². The number of nitro groups is 2. The molecule has 0 spiro atoms. The summed E-state index contributed by atoms with van der Waals surface area (Å²) in [6, 6.07) is 12.7. The van der Waals surface area contributed by atoms with Crippen LogP contribution in [0.1, 0.15) is 12.5 Å². The molecule has 0 saturated carbocycles. The van der Waals surface area contributed by atoms with Crippen LogP contribution >= 0.6 is 0 Å². The highest BCUT2D eigenvalue weighted by atomic mass is 16.6. The van der Waals surface area contributed by atoms with Gasteiger partial charge in [-0.05, 0) is 11.6 Å². The summed E-state index contributed by atoms with van der Waals surface area (Å²) in [6.45, 7) is 1.90. The number of ether oxygens (including phenoxy) is 1. The molecule has 0 heterocycles. The SMILES string of the molecule is C/C(=N/Nc1ccc([N+](=O)[O-])cc1[N+](=O)[O-])OCc1ccccc1. The molecule has 0 fully saturated rings. The molecule has 1 N–H and O–H groups in total. The summed E-state index contributed by atoms with van der Waals surface area (Å²) < 4.78 is 5.42. The van der Waals surface area contributed by atoms with E-state index in [9.17, 15) is 20.2 Å². The average Bonchev–Trinajstić information content (AvgIpc) is 2.58. The Bertz CT molecular complexity index is 777. The summed E-state index contributed by atoms with van der Waals surface area (Å²) in [6.07, 6.45) is 0. The van der Waals surface area contributed by atoms with Crippen molar-refractivity contribution in [2.45, 2.75) is 13.5 Å². The van der Waals surface area contributed by atoms with Crippen molar-refractivity contribution in [3.63, 3.8) is 0 Å². The van der Waals surface area contributed by atoms with Crippen molar-refractivity contribution in [2.24, 2.45) is 5.10 Å². The molecule has 24 heavy (non-hydrogen) atoms. The van der Waals surface area contributed by atoms with Crippen LogP contribution in [-0.2, 0) is 11.3 Å². The molecule has 124 valence electrons. The second kappa shape index (κ2) is 7.68. The van der Waals surface area contributed by atoms with Gasteiger partial charge in [0.25, 0.3) is 5.69 Å². The number of nitrogens with zero attached hydrogens (tertiary/aromatic N) is 3. The summed E-state index contributed by atoms with van der Waals surface area (Å²) >= 11 is 0. The zero-order chi connectivity index (χ0) is 17.5. The first-order valence-electron chi connectivity index (χ1n) is 6.87. The quantitative estimate of drug-likeness (QED) is 0.375. The Hall–Kier alpha value is -3.49.